The number of rotatable bonds is 2. The lowest BCUT2D eigenvalue weighted by atomic mass is 10.4. The van der Waals surface area contributed by atoms with Gasteiger partial charge in [0.15, 0.2) is 0 Å². The summed E-state index contributed by atoms with van der Waals surface area (Å²) in [5.41, 5.74) is 0. The minimum Gasteiger partial charge on any atom is -0.388 e. The molecule has 1 atom stereocenters. The van der Waals surface area contributed by atoms with Crippen LogP contribution in [-0.2, 0) is 14.3 Å². The molecule has 1 N–H and O–H groups in total. The van der Waals surface area contributed by atoms with Gasteiger partial charge in [0.05, 0.1) is 0 Å². The van der Waals surface area contributed by atoms with Gasteiger partial charge in [0.25, 0.3) is 0 Å². The van der Waals surface area contributed by atoms with Gasteiger partial charge in [0, 0.05) is 6.08 Å². The average Bonchev–Trinajstić information content (AvgIpc) is 1.87. The molecule has 1 unspecified atom stereocenters. The highest BCUT2D eigenvalue weighted by Crippen LogP contribution is 1.87. The Morgan fingerprint density at radius 2 is 2.09 bits per heavy atom. The number of carbonyl (C=O) groups excluding carboxylic acids is 2. The van der Waals surface area contributed by atoms with Crippen LogP contribution in [0.1, 0.15) is 6.92 Å². The van der Waals surface area contributed by atoms with Gasteiger partial charge in [-0.15, -0.1) is 0 Å². The van der Waals surface area contributed by atoms with E-state index in [0.29, 0.717) is 0 Å². The first-order valence-electron chi connectivity index (χ1n) is 2.64. The van der Waals surface area contributed by atoms with Crippen LogP contribution in [0.15, 0.2) is 12.7 Å². The lowest BCUT2D eigenvalue weighted by Gasteiger charge is -2.00. The standard InChI is InChI=1S/C6H8O4.Mg.2H/c1-3-5(8)10-6(9)4(2)7;;;/h3-4,7H,1H2,2H3;;;. The molecular weight excluding hydrogens is 160 g/mol. The predicted octanol–water partition coefficient (Wildman–Crippen LogP) is -1.29. The maximum absolute atomic E-state index is 10.4. The van der Waals surface area contributed by atoms with Crippen LogP contribution in [0.4, 0.5) is 0 Å². The second-order valence-electron chi connectivity index (χ2n) is 1.62. The maximum atomic E-state index is 10.4. The summed E-state index contributed by atoms with van der Waals surface area (Å²) in [4.78, 5) is 20.6. The van der Waals surface area contributed by atoms with Crippen molar-refractivity contribution in [2.24, 2.45) is 0 Å². The van der Waals surface area contributed by atoms with Crippen molar-refractivity contribution in [3.05, 3.63) is 12.7 Å². The minimum absolute atomic E-state index is 0. The second-order valence-corrected chi connectivity index (χ2v) is 1.62. The molecule has 0 aliphatic rings. The molecule has 0 saturated heterocycles. The predicted molar refractivity (Wildman–Crippen MR) is 41.5 cm³/mol. The van der Waals surface area contributed by atoms with Crippen LogP contribution < -0.4 is 0 Å². The van der Waals surface area contributed by atoms with Crippen LogP contribution in [0.25, 0.3) is 0 Å². The summed E-state index contributed by atoms with van der Waals surface area (Å²) in [6.45, 7) is 4.27. The number of hydrogen-bond donors (Lipinski definition) is 1. The van der Waals surface area contributed by atoms with E-state index in [9.17, 15) is 9.59 Å². The fourth-order valence-corrected chi connectivity index (χ4v) is 0.226. The third kappa shape index (κ3) is 6.02. The number of esters is 2. The van der Waals surface area contributed by atoms with E-state index < -0.39 is 18.0 Å². The number of carbonyl (C=O) groups is 2. The van der Waals surface area contributed by atoms with Crippen LogP contribution in [-0.4, -0.2) is 46.2 Å². The Hall–Kier alpha value is -0.394. The Kier molecular flexibility index (Phi) is 7.60. The summed E-state index contributed by atoms with van der Waals surface area (Å²) in [6, 6.07) is 0. The van der Waals surface area contributed by atoms with E-state index in [-0.39, 0.29) is 23.1 Å². The van der Waals surface area contributed by atoms with E-state index in [1.54, 1.807) is 0 Å². The van der Waals surface area contributed by atoms with Gasteiger partial charge in [-0.3, -0.25) is 0 Å². The van der Waals surface area contributed by atoms with Crippen LogP contribution >= 0.6 is 0 Å². The summed E-state index contributed by atoms with van der Waals surface area (Å²) in [5.74, 6) is -1.82. The summed E-state index contributed by atoms with van der Waals surface area (Å²) >= 11 is 0. The summed E-state index contributed by atoms with van der Waals surface area (Å²) in [6.07, 6.45) is -0.427. The topological polar surface area (TPSA) is 63.6 Å². The van der Waals surface area contributed by atoms with Gasteiger partial charge in [-0.2, -0.15) is 0 Å². The van der Waals surface area contributed by atoms with Crippen LogP contribution in [0.3, 0.4) is 0 Å². The number of aliphatic hydroxyl groups is 1. The van der Waals surface area contributed by atoms with Crippen molar-refractivity contribution in [2.75, 3.05) is 0 Å². The summed E-state index contributed by atoms with van der Waals surface area (Å²) < 4.78 is 4.02. The van der Waals surface area contributed by atoms with Gasteiger partial charge in [0.2, 0.25) is 0 Å². The first kappa shape index (κ1) is 13.2. The molecule has 5 heteroatoms. The van der Waals surface area contributed by atoms with E-state index in [1.807, 2.05) is 0 Å². The molecule has 0 aliphatic heterocycles. The Morgan fingerprint density at radius 3 is 2.36 bits per heavy atom. The first-order valence-corrected chi connectivity index (χ1v) is 2.64. The molecular formula is C6H10MgO4. The van der Waals surface area contributed by atoms with Gasteiger partial charge >= 0.3 is 35.0 Å². The molecule has 0 aromatic carbocycles. The Morgan fingerprint density at radius 1 is 1.64 bits per heavy atom. The van der Waals surface area contributed by atoms with E-state index in [2.05, 4.69) is 11.3 Å². The van der Waals surface area contributed by atoms with Crippen LogP contribution in [0, 0.1) is 0 Å². The van der Waals surface area contributed by atoms with Crippen LogP contribution in [0.2, 0.25) is 0 Å². The number of ether oxygens (including phenoxy) is 1. The molecule has 0 aromatic rings. The SMILES string of the molecule is C=CC(=O)OC(=O)C(C)O.[MgH2]. The zero-order chi connectivity index (χ0) is 8.15. The zero-order valence-corrected chi connectivity index (χ0v) is 5.53. The van der Waals surface area contributed by atoms with Crippen molar-refractivity contribution < 1.29 is 19.4 Å². The first-order chi connectivity index (χ1) is 4.57. The number of aliphatic hydroxyl groups excluding tert-OH is 1. The molecule has 0 aliphatic carbocycles. The highest BCUT2D eigenvalue weighted by Gasteiger charge is 2.12. The van der Waals surface area contributed by atoms with Crippen molar-refractivity contribution in [1.82, 2.24) is 0 Å². The van der Waals surface area contributed by atoms with Gasteiger partial charge in [-0.25, -0.2) is 9.59 Å². The molecule has 0 saturated carbocycles. The molecule has 0 radical (unpaired) electrons. The Balaban J connectivity index is 0. The van der Waals surface area contributed by atoms with Gasteiger partial charge in [-0.1, -0.05) is 6.58 Å². The molecule has 4 nitrogen and oxygen atoms in total. The third-order valence-corrected chi connectivity index (χ3v) is 0.709. The Bertz CT molecular complexity index is 164. The lowest BCUT2D eigenvalue weighted by Crippen LogP contribution is -2.21. The van der Waals surface area contributed by atoms with Gasteiger partial charge < -0.3 is 9.84 Å². The highest BCUT2D eigenvalue weighted by molar-refractivity contribution is 5.92. The maximum Gasteiger partial charge on any atom is 0.342 e. The Labute approximate surface area is 80.4 Å². The lowest BCUT2D eigenvalue weighted by molar-refractivity contribution is -0.162. The fourth-order valence-electron chi connectivity index (χ4n) is 0.226. The largest absolute Gasteiger partial charge is 0.388 e. The molecule has 0 heterocycles. The van der Waals surface area contributed by atoms with Crippen molar-refractivity contribution in [2.45, 2.75) is 13.0 Å². The van der Waals surface area contributed by atoms with E-state index in [1.165, 1.54) is 6.92 Å². The highest BCUT2D eigenvalue weighted by atomic mass is 24.3. The zero-order valence-electron chi connectivity index (χ0n) is 5.53. The molecule has 0 amide bonds. The monoisotopic (exact) mass is 170 g/mol. The molecule has 0 aromatic heterocycles. The summed E-state index contributed by atoms with van der Waals surface area (Å²) in [5, 5.41) is 8.50. The molecule has 11 heavy (non-hydrogen) atoms. The van der Waals surface area contributed by atoms with Crippen molar-refractivity contribution in [3.63, 3.8) is 0 Å². The molecule has 0 fully saturated rings. The quantitative estimate of drug-likeness (QED) is 0.242. The van der Waals surface area contributed by atoms with E-state index in [4.69, 9.17) is 5.11 Å². The van der Waals surface area contributed by atoms with Crippen molar-refractivity contribution >= 4 is 35.0 Å². The normalized spacial score (nSPS) is 10.7. The smallest absolute Gasteiger partial charge is 0.342 e. The summed E-state index contributed by atoms with van der Waals surface area (Å²) in [7, 11) is 0. The van der Waals surface area contributed by atoms with E-state index >= 15 is 0 Å². The van der Waals surface area contributed by atoms with Gasteiger partial charge in [0.1, 0.15) is 6.10 Å². The van der Waals surface area contributed by atoms with Crippen LogP contribution in [0.5, 0.6) is 0 Å². The number of hydrogen-bond acceptors (Lipinski definition) is 4. The minimum atomic E-state index is -1.27. The third-order valence-electron chi connectivity index (χ3n) is 0.709. The van der Waals surface area contributed by atoms with Gasteiger partial charge in [-0.05, 0) is 6.92 Å². The molecule has 0 rings (SSSR count). The molecule has 60 valence electrons. The van der Waals surface area contributed by atoms with Crippen molar-refractivity contribution in [1.29, 1.82) is 0 Å². The van der Waals surface area contributed by atoms with Crippen molar-refractivity contribution in [3.8, 4) is 0 Å². The average molecular weight is 170 g/mol. The molecule has 0 bridgehead atoms. The van der Waals surface area contributed by atoms with E-state index in [0.717, 1.165) is 6.08 Å². The fraction of sp³-hybridized carbons (Fsp3) is 0.333. The molecule has 0 spiro atoms. The second kappa shape index (κ2) is 6.32.